The van der Waals surface area contributed by atoms with Gasteiger partial charge < -0.3 is 20.2 Å². The lowest BCUT2D eigenvalue weighted by Crippen LogP contribution is -2.38. The van der Waals surface area contributed by atoms with Gasteiger partial charge >= 0.3 is 5.97 Å². The van der Waals surface area contributed by atoms with Crippen molar-refractivity contribution >= 4 is 11.7 Å². The molecule has 134 valence electrons. The van der Waals surface area contributed by atoms with Crippen LogP contribution < -0.4 is 0 Å². The fourth-order valence-corrected chi connectivity index (χ4v) is 3.40. The van der Waals surface area contributed by atoms with Crippen molar-refractivity contribution in [3.8, 4) is 11.8 Å². The van der Waals surface area contributed by atoms with E-state index in [2.05, 4.69) is 17.0 Å². The number of oxime groups is 1. The molecule has 3 N–H and O–H groups in total. The van der Waals surface area contributed by atoms with Crippen molar-refractivity contribution in [1.82, 2.24) is 0 Å². The van der Waals surface area contributed by atoms with E-state index in [1.54, 1.807) is 0 Å². The molecule has 2 rings (SSSR count). The summed E-state index contributed by atoms with van der Waals surface area (Å²) in [6.07, 6.45) is 5.93. The fraction of sp³-hybridized carbons (Fsp3) is 0.778. The van der Waals surface area contributed by atoms with E-state index in [0.717, 1.165) is 50.7 Å². The van der Waals surface area contributed by atoms with Crippen LogP contribution in [0.1, 0.15) is 51.4 Å². The van der Waals surface area contributed by atoms with Gasteiger partial charge in [-0.05, 0) is 31.6 Å². The number of hydrogen-bond donors (Lipinski definition) is 3. The van der Waals surface area contributed by atoms with Crippen LogP contribution in [0.3, 0.4) is 0 Å². The Morgan fingerprint density at radius 2 is 2.08 bits per heavy atom. The Morgan fingerprint density at radius 1 is 1.29 bits per heavy atom. The topological polar surface area (TPSA) is 99.4 Å². The minimum atomic E-state index is -0.898. The molecule has 0 aromatic rings. The minimum absolute atomic E-state index is 0.00385. The molecular weight excluding hydrogens is 310 g/mol. The van der Waals surface area contributed by atoms with Gasteiger partial charge in [0.25, 0.3) is 0 Å². The molecule has 2 aliphatic rings. The van der Waals surface area contributed by atoms with Gasteiger partial charge in [0.15, 0.2) is 0 Å². The van der Waals surface area contributed by atoms with Gasteiger partial charge in [-0.2, -0.15) is 0 Å². The standard InChI is InChI=1S/C18H27NO5/c20-9-6-4-2-1-3-5-7-13-11-14-15(18(13)23)12-16(14)19-24-10-8-17(21)22/h13-15,18,20,23H,1-4,6,8-12H2,(H,21,22)/t13-,14?,15?,18?/m1/s1. The highest BCUT2D eigenvalue weighted by atomic mass is 16.6. The Morgan fingerprint density at radius 3 is 2.83 bits per heavy atom. The summed E-state index contributed by atoms with van der Waals surface area (Å²) in [6, 6.07) is 0. The molecule has 0 aromatic heterocycles. The van der Waals surface area contributed by atoms with Gasteiger partial charge in [-0.15, -0.1) is 5.92 Å². The lowest BCUT2D eigenvalue weighted by atomic mass is 9.73. The van der Waals surface area contributed by atoms with E-state index in [9.17, 15) is 9.90 Å². The number of aliphatic hydroxyl groups is 2. The third kappa shape index (κ3) is 5.22. The molecule has 0 aromatic carbocycles. The van der Waals surface area contributed by atoms with Gasteiger partial charge in [0.2, 0.25) is 0 Å². The second kappa shape index (κ2) is 9.65. The molecule has 0 bridgehead atoms. The summed E-state index contributed by atoms with van der Waals surface area (Å²) in [7, 11) is 0. The molecule has 0 heterocycles. The summed E-state index contributed by atoms with van der Waals surface area (Å²) in [5, 5.41) is 31.6. The van der Waals surface area contributed by atoms with Crippen molar-refractivity contribution in [2.75, 3.05) is 13.2 Å². The zero-order valence-electron chi connectivity index (χ0n) is 14.0. The van der Waals surface area contributed by atoms with Gasteiger partial charge in [0.1, 0.15) is 6.61 Å². The summed E-state index contributed by atoms with van der Waals surface area (Å²) < 4.78 is 0. The van der Waals surface area contributed by atoms with Crippen LogP contribution in [0, 0.1) is 29.6 Å². The average molecular weight is 337 g/mol. The van der Waals surface area contributed by atoms with Crippen LogP contribution in [-0.4, -0.2) is 46.3 Å². The lowest BCUT2D eigenvalue weighted by molar-refractivity contribution is -0.138. The molecule has 2 fully saturated rings. The highest BCUT2D eigenvalue weighted by Gasteiger charge is 2.51. The third-order valence-electron chi connectivity index (χ3n) is 4.83. The molecule has 0 saturated heterocycles. The highest BCUT2D eigenvalue weighted by molar-refractivity contribution is 5.93. The normalized spacial score (nSPS) is 29.5. The first-order valence-electron chi connectivity index (χ1n) is 8.81. The van der Waals surface area contributed by atoms with E-state index in [0.29, 0.717) is 0 Å². The number of carboxylic acids is 1. The maximum atomic E-state index is 10.4. The SMILES string of the molecule is O=C(O)CCON=C1CC2C1C[C@@H](C#CCCCCCCO)C2O. The van der Waals surface area contributed by atoms with E-state index in [4.69, 9.17) is 15.1 Å². The first kappa shape index (κ1) is 18.8. The lowest BCUT2D eigenvalue weighted by Gasteiger charge is -2.33. The molecule has 24 heavy (non-hydrogen) atoms. The molecule has 4 atom stereocenters. The summed E-state index contributed by atoms with van der Waals surface area (Å²) >= 11 is 0. The largest absolute Gasteiger partial charge is 0.481 e. The summed E-state index contributed by atoms with van der Waals surface area (Å²) in [4.78, 5) is 15.5. The molecule has 0 radical (unpaired) electrons. The monoisotopic (exact) mass is 337 g/mol. The Balaban J connectivity index is 1.69. The molecule has 3 unspecified atom stereocenters. The van der Waals surface area contributed by atoms with Crippen LogP contribution >= 0.6 is 0 Å². The van der Waals surface area contributed by atoms with Gasteiger partial charge in [0.05, 0.1) is 18.2 Å². The molecule has 2 saturated carbocycles. The van der Waals surface area contributed by atoms with Crippen LogP contribution in [0.15, 0.2) is 5.16 Å². The van der Waals surface area contributed by atoms with Crippen LogP contribution in [0.5, 0.6) is 0 Å². The zero-order chi connectivity index (χ0) is 17.4. The van der Waals surface area contributed by atoms with Gasteiger partial charge in [0, 0.05) is 24.9 Å². The highest BCUT2D eigenvalue weighted by Crippen LogP contribution is 2.47. The predicted molar refractivity (Wildman–Crippen MR) is 89.3 cm³/mol. The first-order chi connectivity index (χ1) is 11.6. The van der Waals surface area contributed by atoms with Crippen molar-refractivity contribution in [2.24, 2.45) is 22.9 Å². The second-order valence-electron chi connectivity index (χ2n) is 6.58. The molecule has 2 aliphatic carbocycles. The van der Waals surface area contributed by atoms with Crippen LogP contribution in [0.25, 0.3) is 0 Å². The number of carboxylic acid groups (broad SMARTS) is 1. The number of unbranched alkanes of at least 4 members (excludes halogenated alkanes) is 4. The molecule has 0 aliphatic heterocycles. The van der Waals surface area contributed by atoms with Crippen molar-refractivity contribution in [3.05, 3.63) is 0 Å². The van der Waals surface area contributed by atoms with Crippen molar-refractivity contribution in [2.45, 2.75) is 57.5 Å². The van der Waals surface area contributed by atoms with Crippen molar-refractivity contribution < 1.29 is 25.0 Å². The summed E-state index contributed by atoms with van der Waals surface area (Å²) in [5.74, 6) is 5.93. The third-order valence-corrected chi connectivity index (χ3v) is 4.83. The van der Waals surface area contributed by atoms with Gasteiger partial charge in [-0.3, -0.25) is 4.79 Å². The fourth-order valence-electron chi connectivity index (χ4n) is 3.40. The number of rotatable bonds is 9. The summed E-state index contributed by atoms with van der Waals surface area (Å²) in [5.41, 5.74) is 0.928. The average Bonchev–Trinajstić information content (AvgIpc) is 2.77. The van der Waals surface area contributed by atoms with E-state index in [1.807, 2.05) is 0 Å². The quantitative estimate of drug-likeness (QED) is 0.338. The molecule has 6 heteroatoms. The maximum Gasteiger partial charge on any atom is 0.306 e. The van der Waals surface area contributed by atoms with Crippen LogP contribution in [0.4, 0.5) is 0 Å². The van der Waals surface area contributed by atoms with Crippen LogP contribution in [0.2, 0.25) is 0 Å². The van der Waals surface area contributed by atoms with E-state index in [1.165, 1.54) is 0 Å². The molecular formula is C18H27NO5. The number of aliphatic carboxylic acids is 1. The zero-order valence-corrected chi connectivity index (χ0v) is 14.0. The van der Waals surface area contributed by atoms with Crippen molar-refractivity contribution in [3.63, 3.8) is 0 Å². The number of hydrogen-bond acceptors (Lipinski definition) is 5. The number of fused-ring (bicyclic) bond motifs is 1. The Kier molecular flexibility index (Phi) is 7.54. The molecule has 0 spiro atoms. The number of nitrogens with zero attached hydrogens (tertiary/aromatic N) is 1. The summed E-state index contributed by atoms with van der Waals surface area (Å²) in [6.45, 7) is 0.338. The molecule has 6 nitrogen and oxygen atoms in total. The van der Waals surface area contributed by atoms with Gasteiger partial charge in [-0.1, -0.05) is 23.9 Å². The first-order valence-corrected chi connectivity index (χ1v) is 8.81. The number of aliphatic hydroxyl groups excluding tert-OH is 2. The molecule has 0 amide bonds. The Bertz CT molecular complexity index is 507. The predicted octanol–water partition coefficient (Wildman–Crippen LogP) is 1.80. The maximum absolute atomic E-state index is 10.4. The smallest absolute Gasteiger partial charge is 0.306 e. The Hall–Kier alpha value is -1.58. The van der Waals surface area contributed by atoms with Gasteiger partial charge in [-0.25, -0.2) is 0 Å². The van der Waals surface area contributed by atoms with Crippen molar-refractivity contribution in [1.29, 1.82) is 0 Å². The Labute approximate surface area is 142 Å². The van der Waals surface area contributed by atoms with E-state index >= 15 is 0 Å². The number of carbonyl (C=O) groups is 1. The van der Waals surface area contributed by atoms with E-state index in [-0.39, 0.29) is 37.4 Å². The minimum Gasteiger partial charge on any atom is -0.481 e. The second-order valence-corrected chi connectivity index (χ2v) is 6.58. The van der Waals surface area contributed by atoms with E-state index < -0.39 is 12.1 Å². The van der Waals surface area contributed by atoms with Crippen LogP contribution in [-0.2, 0) is 9.63 Å².